The smallest absolute Gasteiger partial charge is 0.253 e. The van der Waals surface area contributed by atoms with Crippen molar-refractivity contribution < 1.29 is 15.0 Å². The lowest BCUT2D eigenvalue weighted by Crippen LogP contribution is -2.61. The van der Waals surface area contributed by atoms with E-state index in [0.29, 0.717) is 37.9 Å². The van der Waals surface area contributed by atoms with Gasteiger partial charge in [-0.25, -0.2) is 0 Å². The molecule has 2 atom stereocenters. The van der Waals surface area contributed by atoms with Gasteiger partial charge in [-0.15, -0.1) is 10.2 Å². The molecule has 1 aliphatic heterocycles. The number of amides is 1. The lowest BCUT2D eigenvalue weighted by atomic mass is 9.58. The Bertz CT molecular complexity index is 711. The molecule has 2 heterocycles. The van der Waals surface area contributed by atoms with Crippen LogP contribution < -0.4 is 0 Å². The predicted octanol–water partition coefficient (Wildman–Crippen LogP) is 0.615. The molecule has 2 aliphatic rings. The average Bonchev–Trinajstić information content (AvgIpc) is 3.16. The van der Waals surface area contributed by atoms with Crippen LogP contribution in [0.1, 0.15) is 29.6 Å². The minimum Gasteiger partial charge on any atom is -0.392 e. The Kier molecular flexibility index (Phi) is 3.62. The summed E-state index contributed by atoms with van der Waals surface area (Å²) in [6.45, 7) is 1.14. The van der Waals surface area contributed by atoms with Crippen LogP contribution in [0.2, 0.25) is 0 Å². The number of hydrogen-bond donors (Lipinski definition) is 2. The van der Waals surface area contributed by atoms with E-state index in [2.05, 4.69) is 10.2 Å². The first-order valence-electron chi connectivity index (χ1n) is 8.21. The average molecular weight is 328 g/mol. The molecule has 2 aromatic rings. The summed E-state index contributed by atoms with van der Waals surface area (Å²) in [5, 5.41) is 27.5. The Labute approximate surface area is 139 Å². The summed E-state index contributed by atoms with van der Waals surface area (Å²) in [4.78, 5) is 14.4. The van der Waals surface area contributed by atoms with Gasteiger partial charge in [0.15, 0.2) is 0 Å². The molecule has 1 amide bonds. The van der Waals surface area contributed by atoms with E-state index in [1.165, 1.54) is 0 Å². The highest BCUT2D eigenvalue weighted by molar-refractivity contribution is 5.94. The van der Waals surface area contributed by atoms with Crippen molar-refractivity contribution in [1.29, 1.82) is 0 Å². The number of rotatable bonds is 2. The number of aliphatic hydroxyl groups is 2. The van der Waals surface area contributed by atoms with Crippen molar-refractivity contribution in [2.75, 3.05) is 13.1 Å². The molecule has 1 aliphatic carbocycles. The monoisotopic (exact) mass is 328 g/mol. The van der Waals surface area contributed by atoms with E-state index in [1.807, 2.05) is 12.1 Å². The van der Waals surface area contributed by atoms with E-state index in [0.717, 1.165) is 5.69 Å². The number of likely N-dealkylation sites (tertiary alicyclic amines) is 1. The molecule has 1 saturated heterocycles. The largest absolute Gasteiger partial charge is 0.392 e. The number of piperidine rings is 1. The number of aromatic nitrogens is 3. The molecule has 1 spiro atoms. The van der Waals surface area contributed by atoms with Crippen LogP contribution in [0.25, 0.3) is 5.69 Å². The number of hydrogen-bond acceptors (Lipinski definition) is 5. The number of nitrogens with zero attached hydrogens (tertiary/aromatic N) is 4. The lowest BCUT2D eigenvalue weighted by Gasteiger charge is -2.55. The second-order valence-corrected chi connectivity index (χ2v) is 6.71. The summed E-state index contributed by atoms with van der Waals surface area (Å²) in [6.07, 6.45) is 4.10. The van der Waals surface area contributed by atoms with Gasteiger partial charge in [-0.2, -0.15) is 0 Å². The van der Waals surface area contributed by atoms with Gasteiger partial charge in [0.2, 0.25) is 0 Å². The summed E-state index contributed by atoms with van der Waals surface area (Å²) in [5.41, 5.74) is 1.14. The van der Waals surface area contributed by atoms with Gasteiger partial charge in [0, 0.05) is 36.2 Å². The van der Waals surface area contributed by atoms with E-state index < -0.39 is 17.6 Å². The van der Waals surface area contributed by atoms with Gasteiger partial charge in [-0.05, 0) is 37.1 Å². The van der Waals surface area contributed by atoms with Crippen LogP contribution in [0.15, 0.2) is 36.9 Å². The molecule has 0 bridgehead atoms. The molecule has 2 fully saturated rings. The summed E-state index contributed by atoms with van der Waals surface area (Å²) >= 11 is 0. The first kappa shape index (κ1) is 15.3. The third-order valence-electron chi connectivity index (χ3n) is 5.59. The van der Waals surface area contributed by atoms with E-state index in [1.54, 1.807) is 34.3 Å². The van der Waals surface area contributed by atoms with Crippen LogP contribution in [-0.2, 0) is 0 Å². The van der Waals surface area contributed by atoms with Gasteiger partial charge in [0.05, 0.1) is 12.2 Å². The summed E-state index contributed by atoms with van der Waals surface area (Å²) in [5.74, 6) is -0.0107. The zero-order valence-corrected chi connectivity index (χ0v) is 13.2. The molecule has 0 unspecified atom stereocenters. The third kappa shape index (κ3) is 2.32. The molecular weight excluding hydrogens is 308 g/mol. The van der Waals surface area contributed by atoms with Crippen LogP contribution in [0.5, 0.6) is 0 Å². The fourth-order valence-electron chi connectivity index (χ4n) is 3.83. The normalized spacial score (nSPS) is 25.5. The topological polar surface area (TPSA) is 91.5 Å². The molecule has 7 heteroatoms. The van der Waals surface area contributed by atoms with Gasteiger partial charge in [-0.3, -0.25) is 9.36 Å². The molecule has 0 radical (unpaired) electrons. The molecule has 7 nitrogen and oxygen atoms in total. The third-order valence-corrected chi connectivity index (χ3v) is 5.59. The van der Waals surface area contributed by atoms with Crippen molar-refractivity contribution in [2.45, 2.75) is 31.5 Å². The van der Waals surface area contributed by atoms with Gasteiger partial charge in [-0.1, -0.05) is 0 Å². The van der Waals surface area contributed by atoms with Gasteiger partial charge >= 0.3 is 0 Å². The van der Waals surface area contributed by atoms with Crippen molar-refractivity contribution in [3.8, 4) is 5.69 Å². The molecule has 2 N–H and O–H groups in total. The highest BCUT2D eigenvalue weighted by Crippen LogP contribution is 2.49. The maximum absolute atomic E-state index is 12.6. The first-order valence-corrected chi connectivity index (χ1v) is 8.21. The zero-order chi connectivity index (χ0) is 16.7. The van der Waals surface area contributed by atoms with E-state index in [-0.39, 0.29) is 5.91 Å². The quantitative estimate of drug-likeness (QED) is 0.843. The predicted molar refractivity (Wildman–Crippen MR) is 85.6 cm³/mol. The summed E-state index contributed by atoms with van der Waals surface area (Å²) < 4.78 is 1.78. The Morgan fingerprint density at radius 1 is 1.04 bits per heavy atom. The minimum atomic E-state index is -0.437. The highest BCUT2D eigenvalue weighted by Gasteiger charge is 2.55. The SMILES string of the molecule is O=C(c1ccc(-n2cnnc2)cc1)N1CCC2(CC1)[C@H](O)C[C@@H]2O. The van der Waals surface area contributed by atoms with Gasteiger partial charge in [0.1, 0.15) is 12.7 Å². The maximum Gasteiger partial charge on any atom is 0.253 e. The first-order chi connectivity index (χ1) is 11.6. The van der Waals surface area contributed by atoms with E-state index in [9.17, 15) is 15.0 Å². The fraction of sp³-hybridized carbons (Fsp3) is 0.471. The Morgan fingerprint density at radius 2 is 1.62 bits per heavy atom. The number of carbonyl (C=O) groups is 1. The maximum atomic E-state index is 12.6. The zero-order valence-electron chi connectivity index (χ0n) is 13.2. The molecule has 4 rings (SSSR count). The second-order valence-electron chi connectivity index (χ2n) is 6.71. The fourth-order valence-corrected chi connectivity index (χ4v) is 3.83. The van der Waals surface area contributed by atoms with Crippen molar-refractivity contribution in [2.24, 2.45) is 5.41 Å². The molecule has 1 saturated carbocycles. The number of carbonyl (C=O) groups excluding carboxylic acids is 1. The van der Waals surface area contributed by atoms with Crippen molar-refractivity contribution >= 4 is 5.91 Å². The van der Waals surface area contributed by atoms with Gasteiger partial charge in [0.25, 0.3) is 5.91 Å². The van der Waals surface area contributed by atoms with Crippen LogP contribution in [-0.4, -0.2) is 61.1 Å². The van der Waals surface area contributed by atoms with Crippen LogP contribution in [0.3, 0.4) is 0 Å². The highest BCUT2D eigenvalue weighted by atomic mass is 16.3. The molecule has 1 aromatic heterocycles. The van der Waals surface area contributed by atoms with Crippen molar-refractivity contribution in [1.82, 2.24) is 19.7 Å². The van der Waals surface area contributed by atoms with Gasteiger partial charge < -0.3 is 15.1 Å². The number of benzene rings is 1. The Morgan fingerprint density at radius 3 is 2.17 bits per heavy atom. The minimum absolute atomic E-state index is 0.0107. The summed E-state index contributed by atoms with van der Waals surface area (Å²) in [7, 11) is 0. The molecular formula is C17H20N4O3. The second kappa shape index (κ2) is 5.68. The number of aliphatic hydroxyl groups excluding tert-OH is 2. The summed E-state index contributed by atoms with van der Waals surface area (Å²) in [6, 6.07) is 7.33. The molecule has 24 heavy (non-hydrogen) atoms. The van der Waals surface area contributed by atoms with Crippen molar-refractivity contribution in [3.05, 3.63) is 42.5 Å². The van der Waals surface area contributed by atoms with Crippen LogP contribution in [0.4, 0.5) is 0 Å². The van der Waals surface area contributed by atoms with E-state index >= 15 is 0 Å². The lowest BCUT2D eigenvalue weighted by molar-refractivity contribution is -0.187. The molecule has 1 aromatic carbocycles. The van der Waals surface area contributed by atoms with Crippen molar-refractivity contribution in [3.63, 3.8) is 0 Å². The Balaban J connectivity index is 1.43. The molecule has 126 valence electrons. The Hall–Kier alpha value is -2.25. The van der Waals surface area contributed by atoms with Crippen LogP contribution in [0, 0.1) is 5.41 Å². The standard InChI is InChI=1S/C17H20N4O3/c22-14-9-15(23)17(14)5-7-20(8-6-17)16(24)12-1-3-13(4-2-12)21-10-18-19-11-21/h1-4,10-11,14-15,22-23H,5-9H2/t14-,15+. The van der Waals surface area contributed by atoms with E-state index in [4.69, 9.17) is 0 Å². The van der Waals surface area contributed by atoms with Crippen LogP contribution >= 0.6 is 0 Å².